The van der Waals surface area contributed by atoms with Crippen molar-refractivity contribution in [3.63, 3.8) is 0 Å². The van der Waals surface area contributed by atoms with Crippen LogP contribution in [0.2, 0.25) is 5.02 Å². The fourth-order valence-corrected chi connectivity index (χ4v) is 2.68. The van der Waals surface area contributed by atoms with Crippen LogP contribution in [0.3, 0.4) is 0 Å². The summed E-state index contributed by atoms with van der Waals surface area (Å²) in [4.78, 5) is 14.3. The number of nitrogens with zero attached hydrogens (tertiary/aromatic N) is 1. The largest absolute Gasteiger partial charge is 0.240 e. The summed E-state index contributed by atoms with van der Waals surface area (Å²) in [5, 5.41) is 2.43. The number of aliphatic imine (C=N–C) groups is 1. The summed E-state index contributed by atoms with van der Waals surface area (Å²) in [5.41, 5.74) is 2.53. The number of carbonyl (C=O) groups excluding carboxylic acids is 1. The second-order valence-corrected chi connectivity index (χ2v) is 4.77. The Kier molecular flexibility index (Phi) is 3.34. The van der Waals surface area contributed by atoms with E-state index in [2.05, 4.69) is 4.99 Å². The van der Waals surface area contributed by atoms with E-state index in [1.807, 2.05) is 54.6 Å². The number of benzene rings is 3. The van der Waals surface area contributed by atoms with Crippen LogP contribution in [0, 0.1) is 0 Å². The van der Waals surface area contributed by atoms with Crippen LogP contribution in [0.1, 0.15) is 0 Å². The second-order valence-electron chi connectivity index (χ2n) is 4.37. The van der Waals surface area contributed by atoms with E-state index in [1.54, 1.807) is 12.1 Å². The molecule has 0 aromatic heterocycles. The van der Waals surface area contributed by atoms with Gasteiger partial charge in [0.1, 0.15) is 0 Å². The highest BCUT2D eigenvalue weighted by Gasteiger charge is 2.11. The number of hydrogen-bond acceptors (Lipinski definition) is 2. The highest BCUT2D eigenvalue weighted by molar-refractivity contribution is 6.35. The average Bonchev–Trinajstić information content (AvgIpc) is 2.48. The molecule has 3 rings (SSSR count). The predicted octanol–water partition coefficient (Wildman–Crippen LogP) is 5.13. The van der Waals surface area contributed by atoms with E-state index in [0.717, 1.165) is 21.9 Å². The Bertz CT molecular complexity index is 821. The van der Waals surface area contributed by atoms with Crippen LogP contribution in [0.4, 0.5) is 5.69 Å². The van der Waals surface area contributed by atoms with Crippen molar-refractivity contribution in [1.82, 2.24) is 0 Å². The summed E-state index contributed by atoms with van der Waals surface area (Å²) in [6.07, 6.45) is 1.58. The van der Waals surface area contributed by atoms with E-state index in [9.17, 15) is 4.79 Å². The second kappa shape index (κ2) is 5.30. The summed E-state index contributed by atoms with van der Waals surface area (Å²) >= 11 is 6.39. The molecular weight excluding hydrogens is 270 g/mol. The zero-order chi connectivity index (χ0) is 13.9. The molecule has 0 aliphatic carbocycles. The first kappa shape index (κ1) is 12.6. The third-order valence-electron chi connectivity index (χ3n) is 3.20. The van der Waals surface area contributed by atoms with E-state index >= 15 is 0 Å². The van der Waals surface area contributed by atoms with E-state index in [0.29, 0.717) is 10.7 Å². The van der Waals surface area contributed by atoms with Gasteiger partial charge in [-0.15, -0.1) is 0 Å². The lowest BCUT2D eigenvalue weighted by molar-refractivity contribution is 0.565. The monoisotopic (exact) mass is 279 g/mol. The topological polar surface area (TPSA) is 29.4 Å². The van der Waals surface area contributed by atoms with Gasteiger partial charge in [-0.05, 0) is 17.0 Å². The smallest absolute Gasteiger partial charge is 0.211 e. The number of hydrogen-bond donors (Lipinski definition) is 0. The molecule has 0 saturated heterocycles. The molecule has 0 atom stereocenters. The van der Waals surface area contributed by atoms with Crippen molar-refractivity contribution in [3.8, 4) is 11.1 Å². The Morgan fingerprint density at radius 2 is 1.55 bits per heavy atom. The van der Waals surface area contributed by atoms with Crippen LogP contribution in [-0.4, -0.2) is 6.08 Å². The molecule has 0 fully saturated rings. The molecule has 0 bridgehead atoms. The van der Waals surface area contributed by atoms with Crippen LogP contribution in [0.5, 0.6) is 0 Å². The zero-order valence-electron chi connectivity index (χ0n) is 10.5. The molecule has 0 unspecified atom stereocenters. The highest BCUT2D eigenvalue weighted by atomic mass is 35.5. The standard InChI is InChI=1S/C17H10ClNO/c18-15-10-16(19-11-20)13-8-4-5-9-14(13)17(15)12-6-2-1-3-7-12/h1-10H. The average molecular weight is 280 g/mol. The molecule has 0 radical (unpaired) electrons. The lowest BCUT2D eigenvalue weighted by Gasteiger charge is -2.11. The molecule has 0 aliphatic heterocycles. The normalized spacial score (nSPS) is 10.2. The first-order valence-corrected chi connectivity index (χ1v) is 6.53. The van der Waals surface area contributed by atoms with Crippen LogP contribution in [0.25, 0.3) is 21.9 Å². The van der Waals surface area contributed by atoms with Gasteiger partial charge >= 0.3 is 0 Å². The molecule has 0 amide bonds. The van der Waals surface area contributed by atoms with Gasteiger partial charge in [0.2, 0.25) is 6.08 Å². The number of halogens is 1. The molecule has 0 aliphatic rings. The van der Waals surface area contributed by atoms with E-state index in [-0.39, 0.29) is 0 Å². The Labute approximate surface area is 121 Å². The van der Waals surface area contributed by atoms with E-state index < -0.39 is 0 Å². The first-order valence-electron chi connectivity index (χ1n) is 6.16. The van der Waals surface area contributed by atoms with Gasteiger partial charge in [-0.25, -0.2) is 4.79 Å². The van der Waals surface area contributed by atoms with Gasteiger partial charge in [-0.2, -0.15) is 4.99 Å². The molecule has 2 nitrogen and oxygen atoms in total. The van der Waals surface area contributed by atoms with Gasteiger partial charge in [0, 0.05) is 10.9 Å². The Morgan fingerprint density at radius 3 is 2.25 bits per heavy atom. The zero-order valence-corrected chi connectivity index (χ0v) is 11.3. The van der Waals surface area contributed by atoms with Crippen molar-refractivity contribution in [2.24, 2.45) is 4.99 Å². The lowest BCUT2D eigenvalue weighted by Crippen LogP contribution is -1.84. The molecule has 20 heavy (non-hydrogen) atoms. The van der Waals surface area contributed by atoms with E-state index in [1.165, 1.54) is 0 Å². The SMILES string of the molecule is O=C=Nc1cc(Cl)c(-c2ccccc2)c2ccccc12. The van der Waals surface area contributed by atoms with Crippen LogP contribution >= 0.6 is 11.6 Å². The fraction of sp³-hybridized carbons (Fsp3) is 0. The van der Waals surface area contributed by atoms with Gasteiger partial charge < -0.3 is 0 Å². The van der Waals surface area contributed by atoms with Gasteiger partial charge in [-0.1, -0.05) is 66.2 Å². The lowest BCUT2D eigenvalue weighted by atomic mass is 9.97. The molecule has 3 aromatic rings. The van der Waals surface area contributed by atoms with Crippen molar-refractivity contribution in [1.29, 1.82) is 0 Å². The summed E-state index contributed by atoms with van der Waals surface area (Å²) < 4.78 is 0. The van der Waals surface area contributed by atoms with Crippen molar-refractivity contribution >= 4 is 34.1 Å². The van der Waals surface area contributed by atoms with Gasteiger partial charge in [0.15, 0.2) is 0 Å². The predicted molar refractivity (Wildman–Crippen MR) is 82.2 cm³/mol. The summed E-state index contributed by atoms with van der Waals surface area (Å²) in [7, 11) is 0. The van der Waals surface area contributed by atoms with Crippen molar-refractivity contribution < 1.29 is 4.79 Å². The Hall–Kier alpha value is -2.41. The minimum absolute atomic E-state index is 0.542. The number of rotatable bonds is 2. The summed E-state index contributed by atoms with van der Waals surface area (Å²) in [5.74, 6) is 0. The third kappa shape index (κ3) is 2.12. The minimum atomic E-state index is 0.542. The molecule has 0 N–H and O–H groups in total. The summed E-state index contributed by atoms with van der Waals surface area (Å²) in [6, 6.07) is 19.4. The minimum Gasteiger partial charge on any atom is -0.211 e. The van der Waals surface area contributed by atoms with E-state index in [4.69, 9.17) is 11.6 Å². The molecule has 3 aromatic carbocycles. The Balaban J connectivity index is 2.42. The molecular formula is C17H10ClNO. The van der Waals surface area contributed by atoms with Gasteiger partial charge in [-0.3, -0.25) is 0 Å². The van der Waals surface area contributed by atoms with Crippen LogP contribution < -0.4 is 0 Å². The van der Waals surface area contributed by atoms with Crippen LogP contribution in [0.15, 0.2) is 65.7 Å². The molecule has 0 saturated carbocycles. The molecule has 3 heteroatoms. The Morgan fingerprint density at radius 1 is 0.900 bits per heavy atom. The fourth-order valence-electron chi connectivity index (χ4n) is 2.36. The maximum Gasteiger partial charge on any atom is 0.240 e. The van der Waals surface area contributed by atoms with Gasteiger partial charge in [0.05, 0.1) is 10.7 Å². The highest BCUT2D eigenvalue weighted by Crippen LogP contribution is 2.40. The summed E-state index contributed by atoms with van der Waals surface area (Å²) in [6.45, 7) is 0. The van der Waals surface area contributed by atoms with Gasteiger partial charge in [0.25, 0.3) is 0 Å². The van der Waals surface area contributed by atoms with Crippen LogP contribution in [-0.2, 0) is 4.79 Å². The first-order chi connectivity index (χ1) is 9.81. The number of fused-ring (bicyclic) bond motifs is 1. The molecule has 0 spiro atoms. The molecule has 0 heterocycles. The van der Waals surface area contributed by atoms with Crippen molar-refractivity contribution in [3.05, 3.63) is 65.7 Å². The maximum absolute atomic E-state index is 10.5. The van der Waals surface area contributed by atoms with Crippen molar-refractivity contribution in [2.45, 2.75) is 0 Å². The third-order valence-corrected chi connectivity index (χ3v) is 3.50. The molecule has 96 valence electrons. The quantitative estimate of drug-likeness (QED) is 0.472. The number of isocyanates is 1. The van der Waals surface area contributed by atoms with Crippen molar-refractivity contribution in [2.75, 3.05) is 0 Å². The maximum atomic E-state index is 10.5.